The Bertz CT molecular complexity index is 757. The van der Waals surface area contributed by atoms with Crippen LogP contribution in [0.15, 0.2) is 54.6 Å². The molecule has 2 aromatic rings. The molecule has 7 heteroatoms. The van der Waals surface area contributed by atoms with E-state index in [9.17, 15) is 24.6 Å². The van der Waals surface area contributed by atoms with E-state index >= 15 is 0 Å². The number of carboxylic acids is 1. The number of amides is 1. The summed E-state index contributed by atoms with van der Waals surface area (Å²) in [6.07, 6.45) is -0.0860. The maximum atomic E-state index is 12.1. The molecule has 2 rings (SSSR count). The predicted octanol–water partition coefficient (Wildman–Crippen LogP) is 2.01. The van der Waals surface area contributed by atoms with Crippen molar-refractivity contribution in [2.45, 2.75) is 19.4 Å². The van der Waals surface area contributed by atoms with Crippen molar-refractivity contribution in [2.75, 3.05) is 0 Å². The third-order valence-electron chi connectivity index (χ3n) is 3.43. The van der Waals surface area contributed by atoms with Crippen LogP contribution in [-0.4, -0.2) is 39.2 Å². The fraction of sp³-hybridized carbons (Fsp3) is 0.167. The van der Waals surface area contributed by atoms with Crippen LogP contribution in [0.25, 0.3) is 0 Å². The molecule has 0 saturated carbocycles. The van der Waals surface area contributed by atoms with E-state index in [0.717, 1.165) is 6.92 Å². The Balaban J connectivity index is 2.21. The van der Waals surface area contributed by atoms with Gasteiger partial charge in [-0.25, -0.2) is 9.59 Å². The summed E-state index contributed by atoms with van der Waals surface area (Å²) in [6.45, 7) is 1.12. The normalized spacial score (nSPS) is 11.4. The second-order valence-corrected chi connectivity index (χ2v) is 5.31. The summed E-state index contributed by atoms with van der Waals surface area (Å²) in [5, 5.41) is 19.3. The van der Waals surface area contributed by atoms with E-state index in [2.05, 4.69) is 0 Å². The highest BCUT2D eigenvalue weighted by Crippen LogP contribution is 2.16. The van der Waals surface area contributed by atoms with E-state index < -0.39 is 23.9 Å². The summed E-state index contributed by atoms with van der Waals surface area (Å²) >= 11 is 0. The average molecular weight is 343 g/mol. The summed E-state index contributed by atoms with van der Waals surface area (Å²) < 4.78 is 0. The minimum absolute atomic E-state index is 0.0366. The highest BCUT2D eigenvalue weighted by molar-refractivity contribution is 5.91. The number of carboxylic acid groups (broad SMARTS) is 1. The molecule has 0 fully saturated rings. The summed E-state index contributed by atoms with van der Waals surface area (Å²) in [5.74, 6) is -2.82. The third-order valence-corrected chi connectivity index (χ3v) is 3.43. The molecule has 1 amide bonds. The lowest BCUT2D eigenvalue weighted by Gasteiger charge is -2.26. The van der Waals surface area contributed by atoms with Crippen LogP contribution in [0, 0.1) is 0 Å². The van der Waals surface area contributed by atoms with Gasteiger partial charge in [0.25, 0.3) is 5.91 Å². The SMILES string of the molecule is CC(=O)N(OC(=O)c1ccccc1)[C@@H](Cc1ccc(O)cc1)C(=O)O. The molecule has 0 aliphatic carbocycles. The average Bonchev–Trinajstić information content (AvgIpc) is 2.59. The third kappa shape index (κ3) is 4.81. The van der Waals surface area contributed by atoms with Crippen molar-refractivity contribution in [3.05, 3.63) is 65.7 Å². The molecule has 0 aromatic heterocycles. The van der Waals surface area contributed by atoms with E-state index in [0.29, 0.717) is 10.6 Å². The molecule has 0 aliphatic rings. The van der Waals surface area contributed by atoms with Gasteiger partial charge in [0.2, 0.25) is 0 Å². The van der Waals surface area contributed by atoms with Crippen molar-refractivity contribution < 1.29 is 29.4 Å². The van der Waals surface area contributed by atoms with Crippen LogP contribution < -0.4 is 0 Å². The van der Waals surface area contributed by atoms with Crippen LogP contribution in [0.5, 0.6) is 5.75 Å². The van der Waals surface area contributed by atoms with Crippen LogP contribution >= 0.6 is 0 Å². The number of hydrogen-bond donors (Lipinski definition) is 2. The molecule has 0 radical (unpaired) electrons. The lowest BCUT2D eigenvalue weighted by Crippen LogP contribution is -2.46. The summed E-state index contributed by atoms with van der Waals surface area (Å²) in [7, 11) is 0. The summed E-state index contributed by atoms with van der Waals surface area (Å²) in [5.41, 5.74) is 0.759. The molecule has 0 bridgehead atoms. The molecule has 7 nitrogen and oxygen atoms in total. The number of hydrogen-bond acceptors (Lipinski definition) is 5. The van der Waals surface area contributed by atoms with Gasteiger partial charge in [0.15, 0.2) is 6.04 Å². The van der Waals surface area contributed by atoms with Gasteiger partial charge in [-0.15, -0.1) is 0 Å². The van der Waals surface area contributed by atoms with Crippen molar-refractivity contribution >= 4 is 17.8 Å². The van der Waals surface area contributed by atoms with Crippen molar-refractivity contribution in [3.8, 4) is 5.75 Å². The first-order valence-corrected chi connectivity index (χ1v) is 7.46. The first-order chi connectivity index (χ1) is 11.9. The maximum absolute atomic E-state index is 12.1. The molecular weight excluding hydrogens is 326 g/mol. The molecule has 25 heavy (non-hydrogen) atoms. The molecule has 130 valence electrons. The summed E-state index contributed by atoms with van der Waals surface area (Å²) in [6, 6.07) is 12.4. The minimum Gasteiger partial charge on any atom is -0.508 e. The number of rotatable bonds is 5. The van der Waals surface area contributed by atoms with E-state index in [1.807, 2.05) is 0 Å². The second kappa shape index (κ2) is 7.96. The summed E-state index contributed by atoms with van der Waals surface area (Å²) in [4.78, 5) is 40.6. The Hall–Kier alpha value is -3.35. The number of carbonyl (C=O) groups is 3. The number of aromatic hydroxyl groups is 1. The quantitative estimate of drug-likeness (QED) is 0.805. The van der Waals surface area contributed by atoms with Gasteiger partial charge in [0.1, 0.15) is 5.75 Å². The predicted molar refractivity (Wildman–Crippen MR) is 87.6 cm³/mol. The van der Waals surface area contributed by atoms with Gasteiger partial charge in [-0.1, -0.05) is 30.3 Å². The van der Waals surface area contributed by atoms with E-state index in [1.54, 1.807) is 18.2 Å². The van der Waals surface area contributed by atoms with E-state index in [1.165, 1.54) is 36.4 Å². The Kier molecular flexibility index (Phi) is 5.73. The van der Waals surface area contributed by atoms with Gasteiger partial charge in [-0.2, -0.15) is 5.06 Å². The van der Waals surface area contributed by atoms with Gasteiger partial charge in [0.05, 0.1) is 5.56 Å². The van der Waals surface area contributed by atoms with Crippen LogP contribution in [0.2, 0.25) is 0 Å². The topological polar surface area (TPSA) is 104 Å². The fourth-order valence-electron chi connectivity index (χ4n) is 2.19. The van der Waals surface area contributed by atoms with Crippen LogP contribution in [-0.2, 0) is 20.8 Å². The number of carbonyl (C=O) groups excluding carboxylic acids is 2. The van der Waals surface area contributed by atoms with Crippen molar-refractivity contribution in [3.63, 3.8) is 0 Å². The van der Waals surface area contributed by atoms with Gasteiger partial charge in [-0.3, -0.25) is 4.79 Å². The van der Waals surface area contributed by atoms with Crippen molar-refractivity contribution in [2.24, 2.45) is 0 Å². The number of phenols is 1. The zero-order chi connectivity index (χ0) is 18.4. The van der Waals surface area contributed by atoms with Crippen LogP contribution in [0.4, 0.5) is 0 Å². The largest absolute Gasteiger partial charge is 0.508 e. The lowest BCUT2D eigenvalue weighted by molar-refractivity contribution is -0.185. The molecule has 0 saturated heterocycles. The molecule has 1 atom stereocenters. The monoisotopic (exact) mass is 343 g/mol. The van der Waals surface area contributed by atoms with E-state index in [-0.39, 0.29) is 17.7 Å². The van der Waals surface area contributed by atoms with Crippen molar-refractivity contribution in [1.82, 2.24) is 5.06 Å². The number of aliphatic carboxylic acids is 1. The number of phenolic OH excluding ortho intramolecular Hbond substituents is 1. The van der Waals surface area contributed by atoms with Gasteiger partial charge >= 0.3 is 11.9 Å². The van der Waals surface area contributed by atoms with Crippen molar-refractivity contribution in [1.29, 1.82) is 0 Å². The first kappa shape index (κ1) is 18.0. The smallest absolute Gasteiger partial charge is 0.363 e. The Morgan fingerprint density at radius 3 is 2.16 bits per heavy atom. The lowest BCUT2D eigenvalue weighted by atomic mass is 10.1. The molecular formula is C18H17NO6. The van der Waals surface area contributed by atoms with E-state index in [4.69, 9.17) is 4.84 Å². The first-order valence-electron chi connectivity index (χ1n) is 7.46. The standard InChI is InChI=1S/C18H17NO6/c1-12(20)19(25-18(24)14-5-3-2-4-6-14)16(17(22)23)11-13-7-9-15(21)10-8-13/h2-10,16,21H,11H2,1H3,(H,22,23)/t16-/m0/s1. The Labute approximate surface area is 144 Å². The maximum Gasteiger partial charge on any atom is 0.363 e. The number of hydroxylamine groups is 2. The molecule has 2 N–H and O–H groups in total. The van der Waals surface area contributed by atoms with Gasteiger partial charge < -0.3 is 15.1 Å². The van der Waals surface area contributed by atoms with Gasteiger partial charge in [0, 0.05) is 13.3 Å². The number of benzene rings is 2. The second-order valence-electron chi connectivity index (χ2n) is 5.31. The zero-order valence-electron chi connectivity index (χ0n) is 13.5. The molecule has 2 aromatic carbocycles. The van der Waals surface area contributed by atoms with Crippen LogP contribution in [0.1, 0.15) is 22.8 Å². The van der Waals surface area contributed by atoms with Gasteiger partial charge in [-0.05, 0) is 29.8 Å². The highest BCUT2D eigenvalue weighted by atomic mass is 16.7. The highest BCUT2D eigenvalue weighted by Gasteiger charge is 2.32. The number of nitrogens with zero attached hydrogens (tertiary/aromatic N) is 1. The molecule has 0 unspecified atom stereocenters. The molecule has 0 heterocycles. The molecule has 0 aliphatic heterocycles. The Morgan fingerprint density at radius 1 is 1.04 bits per heavy atom. The minimum atomic E-state index is -1.39. The fourth-order valence-corrected chi connectivity index (χ4v) is 2.19. The Morgan fingerprint density at radius 2 is 1.64 bits per heavy atom. The zero-order valence-corrected chi connectivity index (χ0v) is 13.5. The molecule has 0 spiro atoms. The van der Waals surface area contributed by atoms with Crippen LogP contribution in [0.3, 0.4) is 0 Å².